The first-order valence-corrected chi connectivity index (χ1v) is 5.18. The van der Waals surface area contributed by atoms with Gasteiger partial charge in [0.2, 0.25) is 0 Å². The van der Waals surface area contributed by atoms with Gasteiger partial charge in [0, 0.05) is 0 Å². The van der Waals surface area contributed by atoms with Crippen LogP contribution in [0.1, 0.15) is 21.5 Å². The van der Waals surface area contributed by atoms with Gasteiger partial charge >= 0.3 is 24.2 Å². The molecule has 0 fully saturated rings. The Labute approximate surface area is 113 Å². The van der Waals surface area contributed by atoms with Crippen LogP contribution in [0, 0.1) is 6.92 Å². The molecule has 0 atom stereocenters. The molecule has 0 radical (unpaired) electrons. The van der Waals surface area contributed by atoms with E-state index in [0.717, 1.165) is 6.92 Å². The Morgan fingerprint density at radius 3 is 2.00 bits per heavy atom. The summed E-state index contributed by atoms with van der Waals surface area (Å²) in [7, 11) is 0. The molecule has 10 heteroatoms. The van der Waals surface area contributed by atoms with Crippen molar-refractivity contribution in [3.63, 3.8) is 0 Å². The Morgan fingerprint density at radius 2 is 1.62 bits per heavy atom. The van der Waals surface area contributed by atoms with E-state index in [1.165, 1.54) is 5.32 Å². The largest absolute Gasteiger partial charge is 0.478 e. The minimum absolute atomic E-state index is 0.419. The third-order valence-electron chi connectivity index (χ3n) is 2.50. The Morgan fingerprint density at radius 1 is 1.10 bits per heavy atom. The number of halogens is 6. The molecule has 1 rings (SSSR count). The summed E-state index contributed by atoms with van der Waals surface area (Å²) in [5.41, 5.74) is -4.08. The van der Waals surface area contributed by atoms with E-state index < -0.39 is 46.6 Å². The number of hydrogen-bond donors (Lipinski definition) is 2. The number of carbonyl (C=O) groups excluding carboxylic acids is 1. The number of hydrogen-bond acceptors (Lipinski definition) is 2. The van der Waals surface area contributed by atoms with E-state index in [2.05, 4.69) is 0 Å². The molecule has 0 saturated carbocycles. The molecule has 0 heterocycles. The molecular formula is C11H7F6NO3. The van der Waals surface area contributed by atoms with E-state index in [-0.39, 0.29) is 0 Å². The van der Waals surface area contributed by atoms with Crippen LogP contribution >= 0.6 is 0 Å². The minimum atomic E-state index is -5.36. The van der Waals surface area contributed by atoms with E-state index in [9.17, 15) is 35.9 Å². The quantitative estimate of drug-likeness (QED) is 0.824. The van der Waals surface area contributed by atoms with Gasteiger partial charge in [-0.25, -0.2) is 4.79 Å². The van der Waals surface area contributed by atoms with E-state index in [0.29, 0.717) is 12.1 Å². The summed E-state index contributed by atoms with van der Waals surface area (Å²) in [6.45, 7) is 0.765. The van der Waals surface area contributed by atoms with E-state index >= 15 is 0 Å². The maximum Gasteiger partial charge on any atom is 0.471 e. The van der Waals surface area contributed by atoms with Crippen molar-refractivity contribution in [1.29, 1.82) is 0 Å². The molecular weight excluding hydrogens is 308 g/mol. The van der Waals surface area contributed by atoms with Crippen LogP contribution in [0.25, 0.3) is 0 Å². The highest BCUT2D eigenvalue weighted by Gasteiger charge is 2.40. The number of carboxylic acids is 1. The lowest BCUT2D eigenvalue weighted by Crippen LogP contribution is -2.31. The van der Waals surface area contributed by atoms with Gasteiger partial charge in [-0.05, 0) is 24.6 Å². The minimum Gasteiger partial charge on any atom is -0.478 e. The van der Waals surface area contributed by atoms with E-state index in [1.807, 2.05) is 0 Å². The van der Waals surface area contributed by atoms with Crippen molar-refractivity contribution in [2.24, 2.45) is 0 Å². The van der Waals surface area contributed by atoms with Crippen LogP contribution in [0.4, 0.5) is 32.0 Å². The van der Waals surface area contributed by atoms with E-state index in [1.54, 1.807) is 0 Å². The number of anilines is 1. The summed E-state index contributed by atoms with van der Waals surface area (Å²) in [4.78, 5) is 21.7. The molecule has 1 aromatic carbocycles. The topological polar surface area (TPSA) is 66.4 Å². The van der Waals surface area contributed by atoms with Crippen molar-refractivity contribution in [2.45, 2.75) is 19.3 Å². The summed E-state index contributed by atoms with van der Waals surface area (Å²) in [6.07, 6.45) is -10.3. The second-order valence-electron chi connectivity index (χ2n) is 3.92. The summed E-state index contributed by atoms with van der Waals surface area (Å²) in [6, 6.07) is 0.895. The molecule has 21 heavy (non-hydrogen) atoms. The second-order valence-corrected chi connectivity index (χ2v) is 3.92. The molecule has 0 aliphatic rings. The van der Waals surface area contributed by atoms with Crippen molar-refractivity contribution in [1.82, 2.24) is 0 Å². The van der Waals surface area contributed by atoms with Crippen LogP contribution in [0.2, 0.25) is 0 Å². The number of carboxylic acid groups (broad SMARTS) is 1. The zero-order valence-corrected chi connectivity index (χ0v) is 10.2. The predicted molar refractivity (Wildman–Crippen MR) is 57.8 cm³/mol. The highest BCUT2D eigenvalue weighted by Crippen LogP contribution is 2.36. The molecule has 1 aromatic rings. The lowest BCUT2D eigenvalue weighted by molar-refractivity contribution is -0.167. The van der Waals surface area contributed by atoms with Crippen LogP contribution < -0.4 is 5.32 Å². The highest BCUT2D eigenvalue weighted by atomic mass is 19.4. The van der Waals surface area contributed by atoms with Crippen molar-refractivity contribution < 1.29 is 41.0 Å². The molecule has 0 saturated heterocycles. The molecule has 0 bridgehead atoms. The number of amides is 1. The van der Waals surface area contributed by atoms with Gasteiger partial charge in [0.15, 0.2) is 0 Å². The molecule has 2 N–H and O–H groups in total. The molecule has 0 spiro atoms. The predicted octanol–water partition coefficient (Wildman–Crippen LogP) is 3.21. The number of aromatic carboxylic acids is 1. The Kier molecular flexibility index (Phi) is 4.21. The Balaban J connectivity index is 3.46. The third kappa shape index (κ3) is 3.64. The van der Waals surface area contributed by atoms with Crippen LogP contribution in [-0.2, 0) is 11.0 Å². The number of alkyl halides is 6. The fourth-order valence-corrected chi connectivity index (χ4v) is 1.54. The summed E-state index contributed by atoms with van der Waals surface area (Å²) >= 11 is 0. The second kappa shape index (κ2) is 5.26. The fraction of sp³-hybridized carbons (Fsp3) is 0.273. The van der Waals surface area contributed by atoms with Crippen LogP contribution in [0.5, 0.6) is 0 Å². The SMILES string of the molecule is Cc1c(C(F)(F)F)ccc(C(=O)O)c1NC(=O)C(F)(F)F. The molecule has 0 unspecified atom stereocenters. The number of carbonyl (C=O) groups is 2. The average Bonchev–Trinajstić information content (AvgIpc) is 2.27. The molecule has 1 amide bonds. The zero-order chi connectivity index (χ0) is 16.6. The summed E-state index contributed by atoms with van der Waals surface area (Å²) in [5.74, 6) is -4.34. The normalized spacial score (nSPS) is 12.1. The average molecular weight is 315 g/mol. The van der Waals surface area contributed by atoms with Gasteiger partial charge in [0.05, 0.1) is 16.8 Å². The van der Waals surface area contributed by atoms with Crippen LogP contribution in [-0.4, -0.2) is 23.2 Å². The standard InChI is InChI=1S/C11H7F6NO3/c1-4-6(10(12,13)14)3-2-5(8(19)20)7(4)18-9(21)11(15,16)17/h2-3H,1H3,(H,18,21)(H,19,20). The first-order valence-electron chi connectivity index (χ1n) is 5.18. The summed E-state index contributed by atoms with van der Waals surface area (Å²) in [5, 5.41) is 9.95. The molecule has 0 aliphatic carbocycles. The van der Waals surface area contributed by atoms with Gasteiger partial charge in [-0.3, -0.25) is 4.79 Å². The van der Waals surface area contributed by atoms with Gasteiger partial charge in [-0.1, -0.05) is 0 Å². The van der Waals surface area contributed by atoms with Crippen molar-refractivity contribution >= 4 is 17.6 Å². The van der Waals surface area contributed by atoms with Crippen molar-refractivity contribution in [3.05, 3.63) is 28.8 Å². The Hall–Kier alpha value is -2.26. The van der Waals surface area contributed by atoms with Crippen LogP contribution in [0.3, 0.4) is 0 Å². The zero-order valence-electron chi connectivity index (χ0n) is 10.2. The van der Waals surface area contributed by atoms with Gasteiger partial charge in [0.1, 0.15) is 0 Å². The number of benzene rings is 1. The number of nitrogens with one attached hydrogen (secondary N) is 1. The molecule has 4 nitrogen and oxygen atoms in total. The molecule has 116 valence electrons. The van der Waals surface area contributed by atoms with Gasteiger partial charge < -0.3 is 10.4 Å². The lowest BCUT2D eigenvalue weighted by Gasteiger charge is -2.17. The summed E-state index contributed by atoms with van der Waals surface area (Å²) < 4.78 is 74.4. The lowest BCUT2D eigenvalue weighted by atomic mass is 10.0. The van der Waals surface area contributed by atoms with Crippen molar-refractivity contribution in [3.8, 4) is 0 Å². The Bertz CT molecular complexity index is 591. The monoisotopic (exact) mass is 315 g/mol. The van der Waals surface area contributed by atoms with Gasteiger partial charge in [-0.2, -0.15) is 26.3 Å². The molecule has 0 aliphatic heterocycles. The fourth-order valence-electron chi connectivity index (χ4n) is 1.54. The maximum absolute atomic E-state index is 12.7. The third-order valence-corrected chi connectivity index (χ3v) is 2.50. The first kappa shape index (κ1) is 16.8. The first-order chi connectivity index (χ1) is 9.35. The maximum atomic E-state index is 12.7. The molecule has 0 aromatic heterocycles. The smallest absolute Gasteiger partial charge is 0.471 e. The van der Waals surface area contributed by atoms with Gasteiger partial charge in [-0.15, -0.1) is 0 Å². The van der Waals surface area contributed by atoms with Crippen molar-refractivity contribution in [2.75, 3.05) is 5.32 Å². The van der Waals surface area contributed by atoms with Gasteiger partial charge in [0.25, 0.3) is 0 Å². The van der Waals surface area contributed by atoms with Crippen LogP contribution in [0.15, 0.2) is 12.1 Å². The highest BCUT2D eigenvalue weighted by molar-refractivity contribution is 6.03. The van der Waals surface area contributed by atoms with E-state index in [4.69, 9.17) is 5.11 Å². The number of rotatable bonds is 2.